The molecular formula is C18H25N9O. The third-order valence-corrected chi connectivity index (χ3v) is 4.27. The summed E-state index contributed by atoms with van der Waals surface area (Å²) in [7, 11) is 0. The summed E-state index contributed by atoms with van der Waals surface area (Å²) in [6.07, 6.45) is 3.42. The monoisotopic (exact) mass is 383 g/mol. The zero-order valence-electron chi connectivity index (χ0n) is 16.9. The quantitative estimate of drug-likeness (QED) is 0.542. The van der Waals surface area contributed by atoms with Crippen LogP contribution in [0.3, 0.4) is 0 Å². The molecule has 148 valence electrons. The normalized spacial score (nSPS) is 11.4. The van der Waals surface area contributed by atoms with Gasteiger partial charge in [-0.1, -0.05) is 0 Å². The van der Waals surface area contributed by atoms with E-state index < -0.39 is 0 Å². The molecule has 0 saturated carbocycles. The van der Waals surface area contributed by atoms with Gasteiger partial charge in [0.15, 0.2) is 16.8 Å². The Bertz CT molecular complexity index is 1180. The number of imidazole rings is 2. The SMILES string of the molecule is CC(C)n1cnc2c(=O)[nH]c(N)nc21.Cc1nc(C)c2ncn(C(C)C)c2n1. The van der Waals surface area contributed by atoms with Crippen molar-refractivity contribution in [1.82, 2.24) is 39.0 Å². The van der Waals surface area contributed by atoms with E-state index in [1.807, 2.05) is 34.0 Å². The lowest BCUT2D eigenvalue weighted by Crippen LogP contribution is -2.12. The van der Waals surface area contributed by atoms with Crippen molar-refractivity contribution in [1.29, 1.82) is 0 Å². The summed E-state index contributed by atoms with van der Waals surface area (Å²) in [5.41, 5.74) is 8.79. The van der Waals surface area contributed by atoms with Crippen LogP contribution in [0.5, 0.6) is 0 Å². The third-order valence-electron chi connectivity index (χ3n) is 4.27. The Hall–Kier alpha value is -3.30. The second-order valence-electron chi connectivity index (χ2n) is 7.14. The summed E-state index contributed by atoms with van der Waals surface area (Å²) >= 11 is 0. The van der Waals surface area contributed by atoms with Crippen molar-refractivity contribution >= 4 is 28.3 Å². The van der Waals surface area contributed by atoms with Crippen molar-refractivity contribution in [2.24, 2.45) is 0 Å². The number of anilines is 1. The number of aryl methyl sites for hydroxylation is 2. The molecule has 4 rings (SSSR count). The van der Waals surface area contributed by atoms with Gasteiger partial charge < -0.3 is 14.9 Å². The summed E-state index contributed by atoms with van der Waals surface area (Å²) in [4.78, 5) is 34.8. The Morgan fingerprint density at radius 2 is 1.43 bits per heavy atom. The number of rotatable bonds is 2. The highest BCUT2D eigenvalue weighted by Crippen LogP contribution is 2.17. The minimum Gasteiger partial charge on any atom is -0.369 e. The number of nitrogen functional groups attached to an aromatic ring is 1. The van der Waals surface area contributed by atoms with Crippen LogP contribution in [0.2, 0.25) is 0 Å². The van der Waals surface area contributed by atoms with E-state index in [1.165, 1.54) is 0 Å². The number of aromatic nitrogens is 8. The van der Waals surface area contributed by atoms with Crippen LogP contribution in [0.15, 0.2) is 17.4 Å². The number of H-pyrrole nitrogens is 1. The fourth-order valence-corrected chi connectivity index (χ4v) is 2.89. The number of nitrogens with zero attached hydrogens (tertiary/aromatic N) is 7. The van der Waals surface area contributed by atoms with E-state index in [0.29, 0.717) is 17.2 Å². The van der Waals surface area contributed by atoms with Crippen molar-refractivity contribution in [2.75, 3.05) is 5.73 Å². The third kappa shape index (κ3) is 3.57. The summed E-state index contributed by atoms with van der Waals surface area (Å²) in [6, 6.07) is 0.586. The van der Waals surface area contributed by atoms with Crippen molar-refractivity contribution in [3.63, 3.8) is 0 Å². The molecule has 0 aliphatic heterocycles. The summed E-state index contributed by atoms with van der Waals surface area (Å²) in [6.45, 7) is 12.1. The van der Waals surface area contributed by atoms with Gasteiger partial charge in [0.05, 0.1) is 18.3 Å². The van der Waals surface area contributed by atoms with Crippen molar-refractivity contribution < 1.29 is 0 Å². The Morgan fingerprint density at radius 3 is 2.00 bits per heavy atom. The van der Waals surface area contributed by atoms with Crippen LogP contribution in [-0.2, 0) is 0 Å². The zero-order valence-corrected chi connectivity index (χ0v) is 16.9. The Labute approximate surface area is 161 Å². The maximum Gasteiger partial charge on any atom is 0.280 e. The van der Waals surface area contributed by atoms with Crippen LogP contribution in [0.25, 0.3) is 22.3 Å². The maximum absolute atomic E-state index is 11.4. The number of hydrogen-bond acceptors (Lipinski definition) is 7. The number of nitrogens with one attached hydrogen (secondary N) is 1. The molecule has 0 bridgehead atoms. The highest BCUT2D eigenvalue weighted by atomic mass is 16.1. The van der Waals surface area contributed by atoms with E-state index >= 15 is 0 Å². The first-order chi connectivity index (χ1) is 13.2. The average Bonchev–Trinajstić information content (AvgIpc) is 3.19. The van der Waals surface area contributed by atoms with E-state index in [9.17, 15) is 4.79 Å². The smallest absolute Gasteiger partial charge is 0.280 e. The Balaban J connectivity index is 0.000000161. The van der Waals surface area contributed by atoms with Crippen LogP contribution < -0.4 is 11.3 Å². The van der Waals surface area contributed by atoms with E-state index in [-0.39, 0.29) is 17.5 Å². The fourth-order valence-electron chi connectivity index (χ4n) is 2.89. The molecule has 4 aromatic rings. The summed E-state index contributed by atoms with van der Waals surface area (Å²) in [5, 5.41) is 0. The number of fused-ring (bicyclic) bond motifs is 2. The van der Waals surface area contributed by atoms with Gasteiger partial charge >= 0.3 is 0 Å². The molecule has 3 N–H and O–H groups in total. The lowest BCUT2D eigenvalue weighted by Gasteiger charge is -2.07. The lowest BCUT2D eigenvalue weighted by atomic mass is 10.3. The van der Waals surface area contributed by atoms with E-state index in [0.717, 1.165) is 22.7 Å². The predicted octanol–water partition coefficient (Wildman–Crippen LogP) is 2.31. The van der Waals surface area contributed by atoms with Crippen LogP contribution in [0.4, 0.5) is 5.95 Å². The van der Waals surface area contributed by atoms with Crippen LogP contribution in [0.1, 0.15) is 51.3 Å². The molecule has 0 aliphatic carbocycles. The molecular weight excluding hydrogens is 358 g/mol. The van der Waals surface area contributed by atoms with Gasteiger partial charge in [0.2, 0.25) is 5.95 Å². The standard InChI is InChI=1S/C10H14N4.C8H11N5O/c1-6(2)14-5-11-9-7(3)12-8(4)13-10(9)14;1-4(2)13-3-10-5-6(13)11-8(9)12-7(5)14/h5-6H,1-4H3;3-4H,1-2H3,(H3,9,11,12,14). The zero-order chi connectivity index (χ0) is 20.6. The minimum absolute atomic E-state index is 0.116. The predicted molar refractivity (Wildman–Crippen MR) is 108 cm³/mol. The molecule has 4 aromatic heterocycles. The molecule has 0 spiro atoms. The number of aromatic amines is 1. The van der Waals surface area contributed by atoms with Gasteiger partial charge in [-0.3, -0.25) is 9.78 Å². The van der Waals surface area contributed by atoms with Gasteiger partial charge in [0.1, 0.15) is 11.3 Å². The number of hydrogen-bond donors (Lipinski definition) is 2. The molecule has 4 heterocycles. The average molecular weight is 383 g/mol. The molecule has 0 radical (unpaired) electrons. The van der Waals surface area contributed by atoms with Gasteiger partial charge in [0, 0.05) is 12.1 Å². The van der Waals surface area contributed by atoms with Gasteiger partial charge in [-0.15, -0.1) is 0 Å². The van der Waals surface area contributed by atoms with Crippen molar-refractivity contribution in [3.05, 3.63) is 34.5 Å². The molecule has 0 fully saturated rings. The molecule has 0 amide bonds. The topological polar surface area (TPSA) is 133 Å². The van der Waals surface area contributed by atoms with E-state index in [4.69, 9.17) is 5.73 Å². The second-order valence-corrected chi connectivity index (χ2v) is 7.14. The summed E-state index contributed by atoms with van der Waals surface area (Å²) < 4.78 is 3.87. The second kappa shape index (κ2) is 7.37. The minimum atomic E-state index is -0.299. The van der Waals surface area contributed by atoms with Crippen molar-refractivity contribution in [2.45, 2.75) is 53.6 Å². The van der Waals surface area contributed by atoms with Gasteiger partial charge in [-0.05, 0) is 41.5 Å². The fraction of sp³-hybridized carbons (Fsp3) is 0.444. The van der Waals surface area contributed by atoms with Crippen LogP contribution in [-0.4, -0.2) is 39.0 Å². The van der Waals surface area contributed by atoms with E-state index in [1.54, 1.807) is 10.9 Å². The van der Waals surface area contributed by atoms with Crippen LogP contribution >= 0.6 is 0 Å². The molecule has 0 atom stereocenters. The van der Waals surface area contributed by atoms with Gasteiger partial charge in [0.25, 0.3) is 5.56 Å². The molecule has 0 aromatic carbocycles. The highest BCUT2D eigenvalue weighted by molar-refractivity contribution is 5.73. The van der Waals surface area contributed by atoms with Crippen molar-refractivity contribution in [3.8, 4) is 0 Å². The first-order valence-electron chi connectivity index (χ1n) is 9.09. The molecule has 10 heteroatoms. The van der Waals surface area contributed by atoms with Crippen LogP contribution in [0, 0.1) is 13.8 Å². The molecule has 0 unspecified atom stereocenters. The Kier molecular flexibility index (Phi) is 5.12. The maximum atomic E-state index is 11.4. The molecule has 0 aliphatic rings. The number of nitrogens with two attached hydrogens (primary N) is 1. The Morgan fingerprint density at radius 1 is 0.893 bits per heavy atom. The first-order valence-corrected chi connectivity index (χ1v) is 9.09. The summed E-state index contributed by atoms with van der Waals surface area (Å²) in [5.74, 6) is 0.919. The highest BCUT2D eigenvalue weighted by Gasteiger charge is 2.11. The molecule has 10 nitrogen and oxygen atoms in total. The molecule has 0 saturated heterocycles. The van der Waals surface area contributed by atoms with Gasteiger partial charge in [-0.2, -0.15) is 4.98 Å². The first kappa shape index (κ1) is 19.5. The molecule has 28 heavy (non-hydrogen) atoms. The largest absolute Gasteiger partial charge is 0.369 e. The van der Waals surface area contributed by atoms with E-state index in [2.05, 4.69) is 48.3 Å². The van der Waals surface area contributed by atoms with Gasteiger partial charge in [-0.25, -0.2) is 19.9 Å². The lowest BCUT2D eigenvalue weighted by molar-refractivity contribution is 0.612.